The summed E-state index contributed by atoms with van der Waals surface area (Å²) in [6.45, 7) is 1.46. The SMILES string of the molecule is NC(=O)Cc1csc(NC(=O)[C@@H]2CCCN(c3cnccn3)C2)n1. The number of nitrogens with one attached hydrogen (secondary N) is 1. The van der Waals surface area contributed by atoms with Crippen molar-refractivity contribution in [3.8, 4) is 0 Å². The monoisotopic (exact) mass is 346 g/mol. The molecule has 9 heteroatoms. The third-order valence-electron chi connectivity index (χ3n) is 3.80. The molecule has 3 N–H and O–H groups in total. The Kier molecular flexibility index (Phi) is 4.99. The first-order chi connectivity index (χ1) is 11.6. The van der Waals surface area contributed by atoms with Gasteiger partial charge in [-0.1, -0.05) is 0 Å². The fourth-order valence-electron chi connectivity index (χ4n) is 2.69. The van der Waals surface area contributed by atoms with Gasteiger partial charge in [0.05, 0.1) is 24.2 Å². The van der Waals surface area contributed by atoms with Crippen LogP contribution in [0.2, 0.25) is 0 Å². The smallest absolute Gasteiger partial charge is 0.231 e. The highest BCUT2D eigenvalue weighted by atomic mass is 32.1. The van der Waals surface area contributed by atoms with Gasteiger partial charge in [-0.2, -0.15) is 0 Å². The van der Waals surface area contributed by atoms with Crippen LogP contribution in [0.3, 0.4) is 0 Å². The molecule has 3 rings (SSSR count). The lowest BCUT2D eigenvalue weighted by molar-refractivity contribution is -0.120. The molecule has 1 fully saturated rings. The van der Waals surface area contributed by atoms with Crippen molar-refractivity contribution in [1.29, 1.82) is 0 Å². The van der Waals surface area contributed by atoms with Crippen molar-refractivity contribution in [3.05, 3.63) is 29.7 Å². The number of piperidine rings is 1. The van der Waals surface area contributed by atoms with Crippen LogP contribution in [0.15, 0.2) is 24.0 Å². The molecule has 0 aliphatic carbocycles. The van der Waals surface area contributed by atoms with Crippen molar-refractivity contribution in [2.75, 3.05) is 23.3 Å². The first-order valence-corrected chi connectivity index (χ1v) is 8.54. The number of thiazole rings is 1. The highest BCUT2D eigenvalue weighted by Gasteiger charge is 2.27. The van der Waals surface area contributed by atoms with Gasteiger partial charge in [-0.25, -0.2) is 9.97 Å². The number of rotatable bonds is 5. The van der Waals surface area contributed by atoms with Gasteiger partial charge in [0.15, 0.2) is 5.13 Å². The van der Waals surface area contributed by atoms with Crippen molar-refractivity contribution >= 4 is 34.1 Å². The van der Waals surface area contributed by atoms with E-state index in [1.165, 1.54) is 11.3 Å². The van der Waals surface area contributed by atoms with Crippen LogP contribution < -0.4 is 16.0 Å². The van der Waals surface area contributed by atoms with Gasteiger partial charge in [0.2, 0.25) is 11.8 Å². The predicted octanol–water partition coefficient (Wildman–Crippen LogP) is 0.816. The average Bonchev–Trinajstić information content (AvgIpc) is 3.02. The molecule has 24 heavy (non-hydrogen) atoms. The number of nitrogens with zero attached hydrogens (tertiary/aromatic N) is 4. The topological polar surface area (TPSA) is 114 Å². The Bertz CT molecular complexity index is 720. The molecule has 0 unspecified atom stereocenters. The fraction of sp³-hybridized carbons (Fsp3) is 0.400. The molecule has 1 aliphatic rings. The number of carbonyl (C=O) groups excluding carboxylic acids is 2. The van der Waals surface area contributed by atoms with Crippen LogP contribution in [-0.2, 0) is 16.0 Å². The molecule has 2 amide bonds. The van der Waals surface area contributed by atoms with Gasteiger partial charge < -0.3 is 16.0 Å². The number of primary amides is 1. The first-order valence-electron chi connectivity index (χ1n) is 7.66. The Morgan fingerprint density at radius 2 is 2.29 bits per heavy atom. The van der Waals surface area contributed by atoms with Gasteiger partial charge in [0, 0.05) is 30.9 Å². The molecule has 2 aromatic rings. The second kappa shape index (κ2) is 7.35. The van der Waals surface area contributed by atoms with Gasteiger partial charge in [0.25, 0.3) is 0 Å². The molecule has 2 aromatic heterocycles. The Morgan fingerprint density at radius 1 is 1.42 bits per heavy atom. The molecule has 1 atom stereocenters. The number of nitrogens with two attached hydrogens (primary N) is 1. The molecule has 126 valence electrons. The van der Waals surface area contributed by atoms with E-state index < -0.39 is 5.91 Å². The summed E-state index contributed by atoms with van der Waals surface area (Å²) in [4.78, 5) is 38.0. The molecule has 0 radical (unpaired) electrons. The van der Waals surface area contributed by atoms with Crippen molar-refractivity contribution in [3.63, 3.8) is 0 Å². The van der Waals surface area contributed by atoms with Gasteiger partial charge in [-0.05, 0) is 12.8 Å². The van der Waals surface area contributed by atoms with E-state index in [4.69, 9.17) is 5.73 Å². The van der Waals surface area contributed by atoms with E-state index in [2.05, 4.69) is 25.2 Å². The maximum absolute atomic E-state index is 12.5. The van der Waals surface area contributed by atoms with E-state index in [0.29, 0.717) is 17.4 Å². The summed E-state index contributed by atoms with van der Waals surface area (Å²) < 4.78 is 0. The summed E-state index contributed by atoms with van der Waals surface area (Å²) in [5, 5.41) is 5.05. The van der Waals surface area contributed by atoms with Crippen molar-refractivity contribution in [2.45, 2.75) is 19.3 Å². The quantitative estimate of drug-likeness (QED) is 0.828. The molecular formula is C15H18N6O2S. The van der Waals surface area contributed by atoms with Crippen LogP contribution >= 0.6 is 11.3 Å². The van der Waals surface area contributed by atoms with E-state index in [-0.39, 0.29) is 18.2 Å². The molecule has 0 aromatic carbocycles. The predicted molar refractivity (Wildman–Crippen MR) is 90.6 cm³/mol. The van der Waals surface area contributed by atoms with E-state index in [0.717, 1.165) is 25.2 Å². The van der Waals surface area contributed by atoms with Gasteiger partial charge in [-0.15, -0.1) is 11.3 Å². The molecule has 3 heterocycles. The van der Waals surface area contributed by atoms with Gasteiger partial charge in [0.1, 0.15) is 5.82 Å². The van der Waals surface area contributed by atoms with Gasteiger partial charge >= 0.3 is 0 Å². The Morgan fingerprint density at radius 3 is 3.04 bits per heavy atom. The van der Waals surface area contributed by atoms with Crippen molar-refractivity contribution in [2.24, 2.45) is 11.7 Å². The minimum absolute atomic E-state index is 0.0661. The van der Waals surface area contributed by atoms with E-state index in [1.54, 1.807) is 24.0 Å². The maximum Gasteiger partial charge on any atom is 0.231 e. The van der Waals surface area contributed by atoms with Crippen molar-refractivity contribution in [1.82, 2.24) is 15.0 Å². The van der Waals surface area contributed by atoms with Crippen LogP contribution in [0.1, 0.15) is 18.5 Å². The zero-order valence-electron chi connectivity index (χ0n) is 13.0. The molecular weight excluding hydrogens is 328 g/mol. The van der Waals surface area contributed by atoms with Crippen LogP contribution in [0, 0.1) is 5.92 Å². The lowest BCUT2D eigenvalue weighted by Gasteiger charge is -2.32. The first kappa shape index (κ1) is 16.3. The van der Waals surface area contributed by atoms with Crippen LogP contribution in [0.4, 0.5) is 10.9 Å². The van der Waals surface area contributed by atoms with Crippen LogP contribution in [-0.4, -0.2) is 39.9 Å². The Hall–Kier alpha value is -2.55. The number of amides is 2. The van der Waals surface area contributed by atoms with Crippen LogP contribution in [0.25, 0.3) is 0 Å². The second-order valence-corrected chi connectivity index (χ2v) is 6.48. The minimum atomic E-state index is -0.440. The van der Waals surface area contributed by atoms with Gasteiger partial charge in [-0.3, -0.25) is 14.6 Å². The lowest BCUT2D eigenvalue weighted by atomic mass is 9.97. The normalized spacial score (nSPS) is 17.5. The standard InChI is InChI=1S/C15H18N6O2S/c16-12(22)6-11-9-24-15(19-11)20-14(23)10-2-1-5-21(8-10)13-7-17-3-4-18-13/h3-4,7,9-10H,1-2,5-6,8H2,(H2,16,22)(H,19,20,23)/t10-/m1/s1. The third-order valence-corrected chi connectivity index (χ3v) is 4.61. The summed E-state index contributed by atoms with van der Waals surface area (Å²) in [5.74, 6) is 0.144. The number of hydrogen-bond donors (Lipinski definition) is 2. The highest BCUT2D eigenvalue weighted by Crippen LogP contribution is 2.23. The molecule has 0 spiro atoms. The maximum atomic E-state index is 12.5. The van der Waals surface area contributed by atoms with E-state index in [9.17, 15) is 9.59 Å². The number of aromatic nitrogens is 3. The number of anilines is 2. The molecule has 0 saturated carbocycles. The Labute approximate surface area is 143 Å². The molecule has 8 nitrogen and oxygen atoms in total. The summed E-state index contributed by atoms with van der Waals surface area (Å²) >= 11 is 1.29. The van der Waals surface area contributed by atoms with E-state index in [1.807, 2.05) is 0 Å². The zero-order chi connectivity index (χ0) is 16.9. The number of carbonyl (C=O) groups is 2. The highest BCUT2D eigenvalue weighted by molar-refractivity contribution is 7.13. The second-order valence-electron chi connectivity index (χ2n) is 5.63. The van der Waals surface area contributed by atoms with Crippen molar-refractivity contribution < 1.29 is 9.59 Å². The summed E-state index contributed by atoms with van der Waals surface area (Å²) in [5.41, 5.74) is 5.72. The third kappa shape index (κ3) is 4.05. The van der Waals surface area contributed by atoms with Crippen LogP contribution in [0.5, 0.6) is 0 Å². The lowest BCUT2D eigenvalue weighted by Crippen LogP contribution is -2.41. The molecule has 0 bridgehead atoms. The largest absolute Gasteiger partial charge is 0.369 e. The molecule has 1 saturated heterocycles. The zero-order valence-corrected chi connectivity index (χ0v) is 13.8. The average molecular weight is 346 g/mol. The summed E-state index contributed by atoms with van der Waals surface area (Å²) in [6.07, 6.45) is 6.80. The summed E-state index contributed by atoms with van der Waals surface area (Å²) in [7, 11) is 0. The minimum Gasteiger partial charge on any atom is -0.369 e. The van der Waals surface area contributed by atoms with E-state index >= 15 is 0 Å². The Balaban J connectivity index is 1.60. The fourth-order valence-corrected chi connectivity index (χ4v) is 3.40. The summed E-state index contributed by atoms with van der Waals surface area (Å²) in [6, 6.07) is 0. The molecule has 1 aliphatic heterocycles. The number of hydrogen-bond acceptors (Lipinski definition) is 7.